The molecular formula is C25H30ClN3O3S. The van der Waals surface area contributed by atoms with E-state index >= 15 is 0 Å². The Morgan fingerprint density at radius 1 is 1.18 bits per heavy atom. The van der Waals surface area contributed by atoms with Gasteiger partial charge in [-0.3, -0.25) is 9.69 Å². The molecule has 0 atom stereocenters. The van der Waals surface area contributed by atoms with E-state index in [1.165, 1.54) is 0 Å². The van der Waals surface area contributed by atoms with Crippen LogP contribution >= 0.6 is 22.9 Å². The highest BCUT2D eigenvalue weighted by Crippen LogP contribution is 2.26. The number of ether oxygens (including phenoxy) is 1. The average molecular weight is 488 g/mol. The van der Waals surface area contributed by atoms with E-state index in [0.29, 0.717) is 35.4 Å². The number of carbonyl (C=O) groups is 1. The van der Waals surface area contributed by atoms with E-state index in [-0.39, 0.29) is 17.9 Å². The molecule has 6 nitrogen and oxygen atoms in total. The lowest BCUT2D eigenvalue weighted by Crippen LogP contribution is -2.35. The van der Waals surface area contributed by atoms with Gasteiger partial charge in [-0.25, -0.2) is 4.98 Å². The molecule has 176 valence electrons. The molecule has 3 heterocycles. The van der Waals surface area contributed by atoms with Gasteiger partial charge in [0, 0.05) is 48.5 Å². The zero-order chi connectivity index (χ0) is 23.4. The van der Waals surface area contributed by atoms with Gasteiger partial charge >= 0.3 is 0 Å². The maximum absolute atomic E-state index is 13.0. The number of amides is 1. The summed E-state index contributed by atoms with van der Waals surface area (Å²) in [4.78, 5) is 22.1. The van der Waals surface area contributed by atoms with Gasteiger partial charge in [-0.05, 0) is 36.8 Å². The number of halogens is 1. The predicted molar refractivity (Wildman–Crippen MR) is 131 cm³/mol. The first-order valence-electron chi connectivity index (χ1n) is 11.2. The molecule has 0 bridgehead atoms. The van der Waals surface area contributed by atoms with Crippen LogP contribution in [-0.2, 0) is 18.6 Å². The van der Waals surface area contributed by atoms with Crippen LogP contribution < -0.4 is 4.74 Å². The fourth-order valence-electron chi connectivity index (χ4n) is 3.72. The van der Waals surface area contributed by atoms with Crippen LogP contribution in [0.2, 0.25) is 5.02 Å². The molecule has 1 aliphatic rings. The third kappa shape index (κ3) is 6.37. The minimum absolute atomic E-state index is 0.0745. The first-order valence-corrected chi connectivity index (χ1v) is 12.5. The Morgan fingerprint density at radius 3 is 2.79 bits per heavy atom. The minimum Gasteiger partial charge on any atom is -0.486 e. The Kier molecular flexibility index (Phi) is 7.41. The van der Waals surface area contributed by atoms with Gasteiger partial charge < -0.3 is 14.1 Å². The van der Waals surface area contributed by atoms with E-state index in [4.69, 9.17) is 25.7 Å². The molecule has 0 N–H and O–H groups in total. The summed E-state index contributed by atoms with van der Waals surface area (Å²) >= 11 is 7.71. The normalized spacial score (nSPS) is 15.5. The number of hydrogen-bond acceptors (Lipinski definition) is 6. The number of nitrogens with zero attached hydrogens (tertiary/aromatic N) is 3. The van der Waals surface area contributed by atoms with Gasteiger partial charge in [-0.1, -0.05) is 38.4 Å². The predicted octanol–water partition coefficient (Wildman–Crippen LogP) is 5.61. The molecule has 0 unspecified atom stereocenters. The lowest BCUT2D eigenvalue weighted by atomic mass is 9.98. The average Bonchev–Trinajstić information content (AvgIpc) is 3.38. The van der Waals surface area contributed by atoms with E-state index in [1.807, 2.05) is 17.0 Å². The van der Waals surface area contributed by atoms with E-state index < -0.39 is 0 Å². The maximum Gasteiger partial charge on any atom is 0.289 e. The van der Waals surface area contributed by atoms with Crippen molar-refractivity contribution in [2.24, 2.45) is 0 Å². The van der Waals surface area contributed by atoms with Crippen LogP contribution in [0.1, 0.15) is 54.2 Å². The fraction of sp³-hybridized carbons (Fsp3) is 0.440. The molecule has 3 aromatic rings. The summed E-state index contributed by atoms with van der Waals surface area (Å²) in [7, 11) is 0. The lowest BCUT2D eigenvalue weighted by molar-refractivity contribution is 0.0725. The zero-order valence-corrected chi connectivity index (χ0v) is 20.9. The number of hydrogen-bond donors (Lipinski definition) is 0. The first-order chi connectivity index (χ1) is 15.8. The van der Waals surface area contributed by atoms with E-state index in [0.717, 1.165) is 36.8 Å². The van der Waals surface area contributed by atoms with Gasteiger partial charge in [0.15, 0.2) is 5.76 Å². The summed E-state index contributed by atoms with van der Waals surface area (Å²) in [5, 5.41) is 3.93. The molecule has 1 aromatic carbocycles. The van der Waals surface area contributed by atoms with Crippen molar-refractivity contribution in [3.63, 3.8) is 0 Å². The van der Waals surface area contributed by atoms with E-state index in [1.54, 1.807) is 35.6 Å². The number of aromatic nitrogens is 1. The van der Waals surface area contributed by atoms with Crippen LogP contribution in [0.5, 0.6) is 5.75 Å². The highest BCUT2D eigenvalue weighted by atomic mass is 35.5. The van der Waals surface area contributed by atoms with Gasteiger partial charge in [-0.15, -0.1) is 11.3 Å². The molecule has 0 radical (unpaired) electrons. The van der Waals surface area contributed by atoms with Gasteiger partial charge in [0.05, 0.1) is 10.7 Å². The second kappa shape index (κ2) is 10.3. The van der Waals surface area contributed by atoms with Crippen molar-refractivity contribution in [2.45, 2.75) is 45.8 Å². The number of thiazole rings is 1. The molecule has 8 heteroatoms. The molecule has 1 saturated heterocycles. The van der Waals surface area contributed by atoms with Crippen LogP contribution in [-0.4, -0.2) is 46.9 Å². The second-order valence-electron chi connectivity index (χ2n) is 9.33. The van der Waals surface area contributed by atoms with Crippen molar-refractivity contribution in [1.82, 2.24) is 14.8 Å². The van der Waals surface area contributed by atoms with Crippen LogP contribution in [0.3, 0.4) is 0 Å². The van der Waals surface area contributed by atoms with Gasteiger partial charge in [0.1, 0.15) is 18.1 Å². The number of furan rings is 1. The quantitative estimate of drug-likeness (QED) is 0.452. The molecule has 4 rings (SSSR count). The maximum atomic E-state index is 13.0. The van der Waals surface area contributed by atoms with Crippen molar-refractivity contribution in [2.75, 3.05) is 26.2 Å². The summed E-state index contributed by atoms with van der Waals surface area (Å²) < 4.78 is 11.5. The number of rotatable bonds is 6. The van der Waals surface area contributed by atoms with Crippen LogP contribution in [0, 0.1) is 0 Å². The van der Waals surface area contributed by atoms with E-state index in [9.17, 15) is 4.79 Å². The van der Waals surface area contributed by atoms with Crippen molar-refractivity contribution < 1.29 is 13.9 Å². The number of carbonyl (C=O) groups excluding carboxylic acids is 1. The smallest absolute Gasteiger partial charge is 0.289 e. The molecule has 1 aliphatic heterocycles. The summed E-state index contributed by atoms with van der Waals surface area (Å²) in [5.74, 6) is 1.54. The molecule has 0 spiro atoms. The first kappa shape index (κ1) is 23.8. The highest BCUT2D eigenvalue weighted by Gasteiger charge is 2.24. The molecule has 0 aliphatic carbocycles. The van der Waals surface area contributed by atoms with Crippen LogP contribution in [0.4, 0.5) is 0 Å². The lowest BCUT2D eigenvalue weighted by Gasteiger charge is -2.21. The zero-order valence-electron chi connectivity index (χ0n) is 19.3. The van der Waals surface area contributed by atoms with Crippen molar-refractivity contribution in [3.8, 4) is 5.75 Å². The SMILES string of the molecule is CC(C)(C)c1nc(CN2CCCN(C(=O)c3ccc(COc4cccc(Cl)c4)o3)CC2)cs1. The summed E-state index contributed by atoms with van der Waals surface area (Å²) in [6.07, 6.45) is 0.924. The minimum atomic E-state index is -0.0745. The topological polar surface area (TPSA) is 58.8 Å². The third-order valence-corrected chi connectivity index (χ3v) is 7.06. The Balaban J connectivity index is 1.30. The van der Waals surface area contributed by atoms with Crippen LogP contribution in [0.15, 0.2) is 46.2 Å². The van der Waals surface area contributed by atoms with Gasteiger partial charge in [-0.2, -0.15) is 0 Å². The van der Waals surface area contributed by atoms with Gasteiger partial charge in [0.25, 0.3) is 5.91 Å². The largest absolute Gasteiger partial charge is 0.486 e. The molecule has 33 heavy (non-hydrogen) atoms. The number of benzene rings is 1. The molecule has 1 fully saturated rings. The van der Waals surface area contributed by atoms with E-state index in [2.05, 4.69) is 31.1 Å². The monoisotopic (exact) mass is 487 g/mol. The summed E-state index contributed by atoms with van der Waals surface area (Å²) in [6, 6.07) is 10.7. The highest BCUT2D eigenvalue weighted by molar-refractivity contribution is 7.09. The standard InChI is InChI=1S/C25H30ClN3O3S/c1-25(2,3)24-27-19(17-33-24)15-28-10-5-11-29(13-12-28)23(30)22-9-8-21(32-22)16-31-20-7-4-6-18(26)14-20/h4,6-9,14,17H,5,10-13,15-16H2,1-3H3. The summed E-state index contributed by atoms with van der Waals surface area (Å²) in [5.41, 5.74) is 1.19. The molecule has 2 aromatic heterocycles. The molecular weight excluding hydrogens is 458 g/mol. The van der Waals surface area contributed by atoms with Crippen molar-refractivity contribution in [3.05, 3.63) is 69.0 Å². The Hall–Kier alpha value is -2.35. The summed E-state index contributed by atoms with van der Waals surface area (Å²) in [6.45, 7) is 10.8. The third-order valence-electron chi connectivity index (χ3n) is 5.50. The molecule has 1 amide bonds. The second-order valence-corrected chi connectivity index (χ2v) is 10.6. The Labute approximate surface area is 204 Å². The van der Waals surface area contributed by atoms with Crippen LogP contribution in [0.25, 0.3) is 0 Å². The van der Waals surface area contributed by atoms with Crippen molar-refractivity contribution in [1.29, 1.82) is 0 Å². The Bertz CT molecular complexity index is 1090. The molecule has 0 saturated carbocycles. The van der Waals surface area contributed by atoms with Crippen molar-refractivity contribution >= 4 is 28.8 Å². The Morgan fingerprint density at radius 2 is 2.03 bits per heavy atom. The fourth-order valence-corrected chi connectivity index (χ4v) is 4.80. The van der Waals surface area contributed by atoms with Gasteiger partial charge in [0.2, 0.25) is 0 Å².